The number of fused-ring (bicyclic) bond motifs is 5. The maximum atomic E-state index is 5.95. The average Bonchev–Trinajstić information content (AvgIpc) is 3.26. The van der Waals surface area contributed by atoms with Gasteiger partial charge in [-0.05, 0) is 54.7 Å². The smallest absolute Gasteiger partial charge is 0.189 e. The van der Waals surface area contributed by atoms with E-state index in [-0.39, 0.29) is 0 Å². The third kappa shape index (κ3) is 3.29. The van der Waals surface area contributed by atoms with Crippen molar-refractivity contribution in [2.45, 2.75) is 53.6 Å². The molecule has 0 spiro atoms. The van der Waals surface area contributed by atoms with Gasteiger partial charge in [-0.15, -0.1) is 16.4 Å². The highest BCUT2D eigenvalue weighted by Gasteiger charge is 2.31. The molecule has 5 nitrogen and oxygen atoms in total. The number of benzene rings is 1. The predicted octanol–water partition coefficient (Wildman–Crippen LogP) is 5.38. The molecule has 1 atom stereocenters. The molecule has 0 N–H and O–H groups in total. The molecular weight excluding hydrogens is 380 g/mol. The molecule has 6 heteroatoms. The fraction of sp³-hybridized carbons (Fsp3) is 0.435. The van der Waals surface area contributed by atoms with E-state index < -0.39 is 0 Å². The highest BCUT2D eigenvalue weighted by atomic mass is 32.1. The number of aryl methyl sites for hydroxylation is 2. The minimum absolute atomic E-state index is 0.339. The Hall–Kier alpha value is -2.47. The molecule has 3 aromatic heterocycles. The van der Waals surface area contributed by atoms with E-state index in [0.717, 1.165) is 40.6 Å². The molecule has 0 amide bonds. The van der Waals surface area contributed by atoms with Crippen molar-refractivity contribution in [2.75, 3.05) is 0 Å². The molecule has 0 saturated carbocycles. The number of aromatic nitrogens is 4. The molecule has 3 heterocycles. The number of para-hydroxylation sites is 1. The van der Waals surface area contributed by atoms with Crippen LogP contribution in [0.15, 0.2) is 30.6 Å². The second-order valence-electron chi connectivity index (χ2n) is 9.08. The molecule has 0 aliphatic heterocycles. The van der Waals surface area contributed by atoms with Crippen molar-refractivity contribution in [3.63, 3.8) is 0 Å². The molecule has 1 unspecified atom stereocenters. The summed E-state index contributed by atoms with van der Waals surface area (Å²) in [5.74, 6) is 2.27. The molecule has 0 bridgehead atoms. The van der Waals surface area contributed by atoms with Crippen LogP contribution in [0.2, 0.25) is 0 Å². The quantitative estimate of drug-likeness (QED) is 0.458. The van der Waals surface area contributed by atoms with Crippen LogP contribution in [0.25, 0.3) is 15.9 Å². The number of thiophene rings is 1. The van der Waals surface area contributed by atoms with E-state index in [1.54, 1.807) is 6.33 Å². The highest BCUT2D eigenvalue weighted by molar-refractivity contribution is 7.19. The van der Waals surface area contributed by atoms with Gasteiger partial charge < -0.3 is 4.74 Å². The predicted molar refractivity (Wildman–Crippen MR) is 117 cm³/mol. The Labute approximate surface area is 174 Å². The van der Waals surface area contributed by atoms with Gasteiger partial charge in [-0.1, -0.05) is 39.0 Å². The Bertz CT molecular complexity index is 1200. The summed E-state index contributed by atoms with van der Waals surface area (Å²) >= 11 is 1.83. The van der Waals surface area contributed by atoms with E-state index in [4.69, 9.17) is 9.72 Å². The van der Waals surface area contributed by atoms with Crippen LogP contribution in [0.4, 0.5) is 0 Å². The number of hydrogen-bond donors (Lipinski definition) is 0. The summed E-state index contributed by atoms with van der Waals surface area (Å²) in [6, 6.07) is 8.02. The van der Waals surface area contributed by atoms with Gasteiger partial charge in [0.1, 0.15) is 23.5 Å². The van der Waals surface area contributed by atoms with Crippen molar-refractivity contribution in [3.8, 4) is 5.75 Å². The third-order valence-corrected chi connectivity index (χ3v) is 7.27. The summed E-state index contributed by atoms with van der Waals surface area (Å²) in [5.41, 5.74) is 3.79. The average molecular weight is 407 g/mol. The second-order valence-corrected chi connectivity index (χ2v) is 10.2. The zero-order valence-corrected chi connectivity index (χ0v) is 18.2. The minimum atomic E-state index is 0.339. The SMILES string of the molecule is Cc1ccccc1OCc1nc2c3c4c(sc3ncn2n1)CC(C(C)(C)C)CC4. The number of ether oxygens (including phenoxy) is 1. The lowest BCUT2D eigenvalue weighted by atomic mass is 9.72. The van der Waals surface area contributed by atoms with Crippen LogP contribution < -0.4 is 4.74 Å². The summed E-state index contributed by atoms with van der Waals surface area (Å²) in [7, 11) is 0. The van der Waals surface area contributed by atoms with E-state index in [0.29, 0.717) is 17.8 Å². The molecule has 5 rings (SSSR count). The van der Waals surface area contributed by atoms with Crippen LogP contribution in [0.5, 0.6) is 5.75 Å². The van der Waals surface area contributed by atoms with Crippen LogP contribution in [0.1, 0.15) is 49.0 Å². The van der Waals surface area contributed by atoms with Gasteiger partial charge in [0.05, 0.1) is 5.39 Å². The first-order valence-corrected chi connectivity index (χ1v) is 11.0. The van der Waals surface area contributed by atoms with Crippen molar-refractivity contribution in [3.05, 3.63) is 52.4 Å². The van der Waals surface area contributed by atoms with Crippen LogP contribution in [-0.2, 0) is 19.4 Å². The third-order valence-electron chi connectivity index (χ3n) is 6.10. The van der Waals surface area contributed by atoms with Crippen molar-refractivity contribution in [2.24, 2.45) is 11.3 Å². The normalized spacial score (nSPS) is 17.0. The summed E-state index contributed by atoms with van der Waals surface area (Å²) in [6.07, 6.45) is 5.25. The molecule has 1 aliphatic carbocycles. The lowest BCUT2D eigenvalue weighted by Crippen LogP contribution is -2.26. The molecule has 4 aromatic rings. The maximum Gasteiger partial charge on any atom is 0.189 e. The van der Waals surface area contributed by atoms with Crippen LogP contribution >= 0.6 is 11.3 Å². The van der Waals surface area contributed by atoms with Crippen molar-refractivity contribution < 1.29 is 4.74 Å². The Morgan fingerprint density at radius 1 is 1.24 bits per heavy atom. The van der Waals surface area contributed by atoms with Gasteiger partial charge in [0.15, 0.2) is 11.5 Å². The molecule has 150 valence electrons. The molecule has 1 aromatic carbocycles. The monoisotopic (exact) mass is 406 g/mol. The zero-order valence-electron chi connectivity index (χ0n) is 17.4. The first-order valence-electron chi connectivity index (χ1n) is 10.2. The largest absolute Gasteiger partial charge is 0.485 e. The van der Waals surface area contributed by atoms with E-state index in [9.17, 15) is 0 Å². The van der Waals surface area contributed by atoms with E-state index in [1.807, 2.05) is 47.0 Å². The first-order chi connectivity index (χ1) is 13.9. The topological polar surface area (TPSA) is 52.3 Å². The van der Waals surface area contributed by atoms with E-state index >= 15 is 0 Å². The van der Waals surface area contributed by atoms with Crippen LogP contribution in [0.3, 0.4) is 0 Å². The Morgan fingerprint density at radius 2 is 2.07 bits per heavy atom. The van der Waals surface area contributed by atoms with Gasteiger partial charge in [-0.2, -0.15) is 0 Å². The van der Waals surface area contributed by atoms with E-state index in [1.165, 1.54) is 22.2 Å². The van der Waals surface area contributed by atoms with Gasteiger partial charge in [0.25, 0.3) is 0 Å². The van der Waals surface area contributed by atoms with Crippen molar-refractivity contribution in [1.29, 1.82) is 0 Å². The molecular formula is C23H26N4OS. The Morgan fingerprint density at radius 3 is 2.86 bits per heavy atom. The maximum absolute atomic E-state index is 5.95. The number of nitrogens with zero attached hydrogens (tertiary/aromatic N) is 4. The lowest BCUT2D eigenvalue weighted by Gasteiger charge is -2.33. The van der Waals surface area contributed by atoms with Gasteiger partial charge in [0, 0.05) is 4.88 Å². The molecule has 0 saturated heterocycles. The summed E-state index contributed by atoms with van der Waals surface area (Å²) < 4.78 is 7.76. The van der Waals surface area contributed by atoms with Crippen LogP contribution in [0, 0.1) is 18.3 Å². The Kier molecular flexibility index (Phi) is 4.35. The first kappa shape index (κ1) is 18.6. The van der Waals surface area contributed by atoms with Gasteiger partial charge in [-0.25, -0.2) is 14.5 Å². The number of hydrogen-bond acceptors (Lipinski definition) is 5. The molecule has 1 aliphatic rings. The van der Waals surface area contributed by atoms with Crippen LogP contribution in [-0.4, -0.2) is 19.6 Å². The fourth-order valence-electron chi connectivity index (χ4n) is 4.28. The second kappa shape index (κ2) is 6.80. The number of rotatable bonds is 3. The molecule has 0 radical (unpaired) electrons. The van der Waals surface area contributed by atoms with Crippen molar-refractivity contribution >= 4 is 27.2 Å². The lowest BCUT2D eigenvalue weighted by molar-refractivity contribution is 0.218. The zero-order chi connectivity index (χ0) is 20.2. The summed E-state index contributed by atoms with van der Waals surface area (Å²) in [5, 5.41) is 5.80. The van der Waals surface area contributed by atoms with Gasteiger partial charge >= 0.3 is 0 Å². The highest BCUT2D eigenvalue weighted by Crippen LogP contribution is 2.43. The summed E-state index contributed by atoms with van der Waals surface area (Å²) in [6.45, 7) is 9.46. The minimum Gasteiger partial charge on any atom is -0.485 e. The summed E-state index contributed by atoms with van der Waals surface area (Å²) in [4.78, 5) is 12.1. The molecule has 0 fully saturated rings. The van der Waals surface area contributed by atoms with E-state index in [2.05, 4.69) is 30.9 Å². The standard InChI is InChI=1S/C23H26N4OS/c1-14-7-5-6-8-17(14)28-12-19-25-21-20-16-10-9-15(23(2,3)4)11-18(16)29-22(20)24-13-27(21)26-19/h5-8,13,15H,9-12H2,1-4H3. The molecule has 29 heavy (non-hydrogen) atoms. The fourth-order valence-corrected chi connectivity index (χ4v) is 5.54. The van der Waals surface area contributed by atoms with Gasteiger partial charge in [-0.3, -0.25) is 0 Å². The van der Waals surface area contributed by atoms with Gasteiger partial charge in [0.2, 0.25) is 0 Å². The Balaban J connectivity index is 1.49. The van der Waals surface area contributed by atoms with Crippen molar-refractivity contribution in [1.82, 2.24) is 19.6 Å².